The SMILES string of the molecule is CNc1cccc(Cl)n1.Cc1ccc2c(c1)c(C(N)=O)nn2CC(=O)N1C(C=O)CC2CCCC21. The molecule has 3 atom stereocenters. The fourth-order valence-electron chi connectivity index (χ4n) is 5.17. The molecule has 1 aliphatic carbocycles. The third kappa shape index (κ3) is 5.14. The van der Waals surface area contributed by atoms with Crippen LogP contribution in [0.2, 0.25) is 5.15 Å². The van der Waals surface area contributed by atoms with Crippen LogP contribution in [-0.4, -0.2) is 56.9 Å². The third-order valence-electron chi connectivity index (χ3n) is 6.72. The maximum Gasteiger partial charge on any atom is 0.269 e. The number of anilines is 1. The standard InChI is InChI=1S/C19H22N4O3.C6H7ClN2/c1-11-5-6-16-14(7-11)18(19(20)26)21-22(16)9-17(25)23-13(10-24)8-12-3-2-4-15(12)23;1-8-6-4-2-3-5(7)9-6/h5-7,10,12-13,15H,2-4,8-9H2,1H3,(H2,20,26);2-4H,1H3,(H,8,9). The average molecular weight is 497 g/mol. The number of aryl methyl sites for hydroxylation is 1. The van der Waals surface area contributed by atoms with Crippen LogP contribution in [0.1, 0.15) is 41.7 Å². The monoisotopic (exact) mass is 496 g/mol. The van der Waals surface area contributed by atoms with E-state index >= 15 is 0 Å². The Kier molecular flexibility index (Phi) is 7.35. The fourth-order valence-corrected chi connectivity index (χ4v) is 5.34. The van der Waals surface area contributed by atoms with Crippen molar-refractivity contribution >= 4 is 46.4 Å². The van der Waals surface area contributed by atoms with E-state index in [0.29, 0.717) is 22.0 Å². The zero-order valence-corrected chi connectivity index (χ0v) is 20.5. The van der Waals surface area contributed by atoms with Crippen LogP contribution < -0.4 is 11.1 Å². The van der Waals surface area contributed by atoms with Crippen LogP contribution in [0.5, 0.6) is 0 Å². The summed E-state index contributed by atoms with van der Waals surface area (Å²) >= 11 is 5.57. The molecule has 0 spiro atoms. The third-order valence-corrected chi connectivity index (χ3v) is 6.93. The highest BCUT2D eigenvalue weighted by Crippen LogP contribution is 2.40. The number of halogens is 1. The lowest BCUT2D eigenvalue weighted by Crippen LogP contribution is -2.43. The number of nitrogens with one attached hydrogen (secondary N) is 1. The summed E-state index contributed by atoms with van der Waals surface area (Å²) < 4.78 is 1.53. The Hall–Kier alpha value is -3.46. The minimum Gasteiger partial charge on any atom is -0.373 e. The van der Waals surface area contributed by atoms with Crippen molar-refractivity contribution in [1.82, 2.24) is 19.7 Å². The number of nitrogens with zero attached hydrogens (tertiary/aromatic N) is 4. The van der Waals surface area contributed by atoms with E-state index in [4.69, 9.17) is 17.3 Å². The van der Waals surface area contributed by atoms with Gasteiger partial charge in [0.15, 0.2) is 5.69 Å². The maximum atomic E-state index is 13.0. The molecule has 1 aliphatic heterocycles. The van der Waals surface area contributed by atoms with Crippen LogP contribution >= 0.6 is 11.6 Å². The Balaban J connectivity index is 0.000000271. The highest BCUT2D eigenvalue weighted by molar-refractivity contribution is 6.29. The first-order chi connectivity index (χ1) is 16.8. The van der Waals surface area contributed by atoms with Gasteiger partial charge in [-0.05, 0) is 56.4 Å². The molecule has 1 aromatic carbocycles. The molecule has 3 aromatic rings. The van der Waals surface area contributed by atoms with Crippen molar-refractivity contribution in [3.05, 3.63) is 52.8 Å². The van der Waals surface area contributed by atoms with Crippen LogP contribution in [0.3, 0.4) is 0 Å². The van der Waals surface area contributed by atoms with Crippen molar-refractivity contribution in [2.24, 2.45) is 11.7 Å². The number of primary amides is 1. The zero-order chi connectivity index (χ0) is 25.1. The summed E-state index contributed by atoms with van der Waals surface area (Å²) in [7, 11) is 1.80. The summed E-state index contributed by atoms with van der Waals surface area (Å²) in [6, 6.07) is 10.8. The summed E-state index contributed by atoms with van der Waals surface area (Å²) in [5.41, 5.74) is 7.31. The van der Waals surface area contributed by atoms with E-state index in [1.807, 2.05) is 37.3 Å². The maximum absolute atomic E-state index is 13.0. The second-order valence-electron chi connectivity index (χ2n) is 8.99. The van der Waals surface area contributed by atoms with Crippen molar-refractivity contribution in [3.63, 3.8) is 0 Å². The minimum atomic E-state index is -0.616. The first-order valence-corrected chi connectivity index (χ1v) is 12.0. The molecule has 2 aromatic heterocycles. The fraction of sp³-hybridized carbons (Fsp3) is 0.400. The zero-order valence-electron chi connectivity index (χ0n) is 19.8. The first-order valence-electron chi connectivity index (χ1n) is 11.7. The van der Waals surface area contributed by atoms with Gasteiger partial charge in [0.2, 0.25) is 5.91 Å². The highest BCUT2D eigenvalue weighted by Gasteiger charge is 2.45. The molecule has 1 saturated heterocycles. The van der Waals surface area contributed by atoms with Crippen LogP contribution in [0.4, 0.5) is 5.82 Å². The number of carbonyl (C=O) groups excluding carboxylic acids is 3. The molecular weight excluding hydrogens is 468 g/mol. The van der Waals surface area contributed by atoms with Gasteiger partial charge in [0.1, 0.15) is 23.8 Å². The molecule has 35 heavy (non-hydrogen) atoms. The van der Waals surface area contributed by atoms with Crippen molar-refractivity contribution < 1.29 is 14.4 Å². The van der Waals surface area contributed by atoms with Crippen molar-refractivity contribution in [3.8, 4) is 0 Å². The van der Waals surface area contributed by atoms with Crippen LogP contribution in [0.25, 0.3) is 10.9 Å². The Bertz CT molecular complexity index is 1260. The average Bonchev–Trinajstić information content (AvgIpc) is 3.52. The largest absolute Gasteiger partial charge is 0.373 e. The van der Waals surface area contributed by atoms with Gasteiger partial charge in [0, 0.05) is 18.5 Å². The topological polar surface area (TPSA) is 123 Å². The Morgan fingerprint density at radius 3 is 2.71 bits per heavy atom. The smallest absolute Gasteiger partial charge is 0.269 e. The number of fused-ring (bicyclic) bond motifs is 2. The summed E-state index contributed by atoms with van der Waals surface area (Å²) in [4.78, 5) is 41.9. The lowest BCUT2D eigenvalue weighted by Gasteiger charge is -2.27. The van der Waals surface area contributed by atoms with Gasteiger partial charge < -0.3 is 20.7 Å². The number of aldehydes is 1. The Labute approximate surface area is 208 Å². The van der Waals surface area contributed by atoms with Crippen LogP contribution in [0.15, 0.2) is 36.4 Å². The molecule has 2 amide bonds. The van der Waals surface area contributed by atoms with Crippen LogP contribution in [-0.2, 0) is 16.1 Å². The molecule has 2 aliphatic rings. The number of aromatic nitrogens is 3. The molecule has 3 N–H and O–H groups in total. The summed E-state index contributed by atoms with van der Waals surface area (Å²) in [6.45, 7) is 1.92. The van der Waals surface area contributed by atoms with Gasteiger partial charge in [0.25, 0.3) is 5.91 Å². The van der Waals surface area contributed by atoms with Crippen LogP contribution in [0, 0.1) is 12.8 Å². The number of nitrogens with two attached hydrogens (primary N) is 1. The highest BCUT2D eigenvalue weighted by atomic mass is 35.5. The van der Waals surface area contributed by atoms with E-state index < -0.39 is 5.91 Å². The second kappa shape index (κ2) is 10.4. The predicted molar refractivity (Wildman–Crippen MR) is 134 cm³/mol. The summed E-state index contributed by atoms with van der Waals surface area (Å²) in [5.74, 6) is 0.474. The number of benzene rings is 1. The van der Waals surface area contributed by atoms with E-state index in [9.17, 15) is 14.4 Å². The first kappa shape index (κ1) is 24.7. The van der Waals surface area contributed by atoms with E-state index in [-0.39, 0.29) is 30.2 Å². The van der Waals surface area contributed by atoms with E-state index in [0.717, 1.165) is 43.4 Å². The molecule has 9 nitrogen and oxygen atoms in total. The van der Waals surface area contributed by atoms with Gasteiger partial charge >= 0.3 is 0 Å². The number of hydrogen-bond donors (Lipinski definition) is 2. The predicted octanol–water partition coefficient (Wildman–Crippen LogP) is 3.19. The number of likely N-dealkylation sites (tertiary alicyclic amines) is 1. The Morgan fingerprint density at radius 1 is 1.26 bits per heavy atom. The minimum absolute atomic E-state index is 0.000398. The van der Waals surface area contributed by atoms with Crippen molar-refractivity contribution in [1.29, 1.82) is 0 Å². The Morgan fingerprint density at radius 2 is 2.06 bits per heavy atom. The molecular formula is C25H29ClN6O3. The number of carbonyl (C=O) groups is 3. The van der Waals surface area contributed by atoms with Gasteiger partial charge in [0.05, 0.1) is 11.6 Å². The van der Waals surface area contributed by atoms with E-state index in [2.05, 4.69) is 15.4 Å². The molecule has 10 heteroatoms. The molecule has 1 saturated carbocycles. The normalized spacial score (nSPS) is 20.8. The van der Waals surface area contributed by atoms with Gasteiger partial charge in [-0.25, -0.2) is 4.98 Å². The summed E-state index contributed by atoms with van der Waals surface area (Å²) in [6.07, 6.45) is 4.77. The van der Waals surface area contributed by atoms with Gasteiger partial charge in [-0.2, -0.15) is 5.10 Å². The number of hydrogen-bond acceptors (Lipinski definition) is 6. The quantitative estimate of drug-likeness (QED) is 0.413. The number of pyridine rings is 1. The molecule has 0 radical (unpaired) electrons. The molecule has 2 fully saturated rings. The molecule has 5 rings (SSSR count). The van der Waals surface area contributed by atoms with Gasteiger partial charge in [-0.15, -0.1) is 0 Å². The molecule has 0 bridgehead atoms. The van der Waals surface area contributed by atoms with Crippen molar-refractivity contribution in [2.75, 3.05) is 12.4 Å². The van der Waals surface area contributed by atoms with E-state index in [1.165, 1.54) is 4.68 Å². The number of rotatable bonds is 5. The van der Waals surface area contributed by atoms with Gasteiger partial charge in [-0.3, -0.25) is 14.3 Å². The van der Waals surface area contributed by atoms with E-state index in [1.54, 1.807) is 18.0 Å². The molecule has 3 heterocycles. The lowest BCUT2D eigenvalue weighted by molar-refractivity contribution is -0.137. The summed E-state index contributed by atoms with van der Waals surface area (Å²) in [5, 5.41) is 8.32. The van der Waals surface area contributed by atoms with Gasteiger partial charge in [-0.1, -0.05) is 35.7 Å². The second-order valence-corrected chi connectivity index (χ2v) is 9.37. The molecule has 3 unspecified atom stereocenters. The lowest BCUT2D eigenvalue weighted by atomic mass is 10.0. The number of amides is 2. The van der Waals surface area contributed by atoms with Crippen molar-refractivity contribution in [2.45, 2.75) is 51.2 Å². The molecule has 184 valence electrons.